The molecule has 0 bridgehead atoms. The fraction of sp³-hybridized carbons (Fsp3) is 0.267. The topological polar surface area (TPSA) is 44.8 Å². The second kappa shape index (κ2) is 6.95. The summed E-state index contributed by atoms with van der Waals surface area (Å²) in [6.45, 7) is 2.01. The van der Waals surface area contributed by atoms with Gasteiger partial charge in [0.15, 0.2) is 0 Å². The number of ether oxygens (including phenoxy) is 3. The normalized spacial score (nSPS) is 10.3. The van der Waals surface area contributed by atoms with Crippen molar-refractivity contribution in [2.75, 3.05) is 14.2 Å². The van der Waals surface area contributed by atoms with E-state index in [4.69, 9.17) is 14.2 Å². The molecule has 0 saturated carbocycles. The van der Waals surface area contributed by atoms with Crippen molar-refractivity contribution in [1.82, 2.24) is 0 Å². The maximum absolute atomic E-state index is 12.0. The molecule has 2 aromatic rings. The molecular formula is C15H15BrO4S. The van der Waals surface area contributed by atoms with Gasteiger partial charge in [-0.25, -0.2) is 4.79 Å². The van der Waals surface area contributed by atoms with E-state index in [0.717, 1.165) is 15.6 Å². The van der Waals surface area contributed by atoms with Gasteiger partial charge in [-0.2, -0.15) is 0 Å². The van der Waals surface area contributed by atoms with Gasteiger partial charge >= 0.3 is 5.97 Å². The molecule has 112 valence electrons. The highest BCUT2D eigenvalue weighted by atomic mass is 79.9. The Balaban J connectivity index is 2.16. The molecule has 0 unspecified atom stereocenters. The summed E-state index contributed by atoms with van der Waals surface area (Å²) < 4.78 is 16.7. The number of hydrogen-bond donors (Lipinski definition) is 0. The lowest BCUT2D eigenvalue weighted by atomic mass is 10.2. The summed E-state index contributed by atoms with van der Waals surface area (Å²) in [5, 5.41) is 1.87. The van der Waals surface area contributed by atoms with Crippen LogP contribution >= 0.6 is 27.3 Å². The molecule has 1 aromatic carbocycles. The van der Waals surface area contributed by atoms with Crippen LogP contribution in [0.4, 0.5) is 0 Å². The van der Waals surface area contributed by atoms with Crippen LogP contribution in [0, 0.1) is 6.92 Å². The molecular weight excluding hydrogens is 356 g/mol. The molecule has 0 N–H and O–H groups in total. The number of esters is 1. The number of methoxy groups -OCH3 is 2. The third kappa shape index (κ3) is 3.57. The lowest BCUT2D eigenvalue weighted by molar-refractivity contribution is 0.0475. The fourth-order valence-corrected chi connectivity index (χ4v) is 3.13. The lowest BCUT2D eigenvalue weighted by Crippen LogP contribution is -2.06. The predicted molar refractivity (Wildman–Crippen MR) is 85.4 cm³/mol. The molecule has 0 fully saturated rings. The van der Waals surface area contributed by atoms with Crippen molar-refractivity contribution in [3.05, 3.63) is 44.1 Å². The number of rotatable bonds is 5. The van der Waals surface area contributed by atoms with Crippen molar-refractivity contribution in [1.29, 1.82) is 0 Å². The average molecular weight is 371 g/mol. The molecule has 21 heavy (non-hydrogen) atoms. The van der Waals surface area contributed by atoms with Crippen LogP contribution in [0.3, 0.4) is 0 Å². The molecule has 0 atom stereocenters. The standard InChI is InChI=1S/C15H15BrO4S/c1-9-4-5-21-14(9)15(17)20-8-10-6-13(19-3)11(16)7-12(10)18-2/h4-7H,8H2,1-3H3. The molecule has 0 aliphatic rings. The van der Waals surface area contributed by atoms with Crippen LogP contribution in [0.15, 0.2) is 28.1 Å². The van der Waals surface area contributed by atoms with Crippen molar-refractivity contribution in [2.45, 2.75) is 13.5 Å². The van der Waals surface area contributed by atoms with E-state index >= 15 is 0 Å². The van der Waals surface area contributed by atoms with Gasteiger partial charge in [0.2, 0.25) is 0 Å². The monoisotopic (exact) mass is 370 g/mol. The van der Waals surface area contributed by atoms with Crippen LogP contribution in [0.25, 0.3) is 0 Å². The molecule has 0 saturated heterocycles. The van der Waals surface area contributed by atoms with E-state index in [1.54, 1.807) is 26.4 Å². The number of carbonyl (C=O) groups excluding carboxylic acids is 1. The summed E-state index contributed by atoms with van der Waals surface area (Å²) in [6.07, 6.45) is 0. The maximum Gasteiger partial charge on any atom is 0.348 e. The zero-order valence-electron chi connectivity index (χ0n) is 11.9. The molecule has 1 heterocycles. The minimum Gasteiger partial charge on any atom is -0.496 e. The van der Waals surface area contributed by atoms with Crippen molar-refractivity contribution in [3.8, 4) is 11.5 Å². The Hall–Kier alpha value is -1.53. The second-order valence-electron chi connectivity index (χ2n) is 4.31. The first-order valence-corrected chi connectivity index (χ1v) is 7.85. The summed E-state index contributed by atoms with van der Waals surface area (Å²) in [4.78, 5) is 12.7. The van der Waals surface area contributed by atoms with E-state index in [0.29, 0.717) is 16.4 Å². The van der Waals surface area contributed by atoms with E-state index < -0.39 is 0 Å². The minimum atomic E-state index is -0.327. The number of halogens is 1. The van der Waals surface area contributed by atoms with Crippen LogP contribution in [-0.4, -0.2) is 20.2 Å². The first kappa shape index (κ1) is 15.9. The predicted octanol–water partition coefficient (Wildman–Crippen LogP) is 4.19. The summed E-state index contributed by atoms with van der Waals surface area (Å²) in [5.74, 6) is 0.971. The van der Waals surface area contributed by atoms with Crippen LogP contribution in [-0.2, 0) is 11.3 Å². The Morgan fingerprint density at radius 2 is 1.95 bits per heavy atom. The van der Waals surface area contributed by atoms with Crippen molar-refractivity contribution in [3.63, 3.8) is 0 Å². The molecule has 0 amide bonds. The van der Waals surface area contributed by atoms with E-state index in [-0.39, 0.29) is 12.6 Å². The zero-order chi connectivity index (χ0) is 15.4. The first-order valence-electron chi connectivity index (χ1n) is 6.18. The quantitative estimate of drug-likeness (QED) is 0.740. The van der Waals surface area contributed by atoms with Gasteiger partial charge in [-0.05, 0) is 52.0 Å². The molecule has 0 spiro atoms. The summed E-state index contributed by atoms with van der Waals surface area (Å²) in [7, 11) is 3.15. The molecule has 1 aromatic heterocycles. The molecule has 0 aliphatic heterocycles. The van der Waals surface area contributed by atoms with Crippen molar-refractivity contribution >= 4 is 33.2 Å². The van der Waals surface area contributed by atoms with E-state index in [1.165, 1.54) is 11.3 Å². The number of hydrogen-bond acceptors (Lipinski definition) is 5. The van der Waals surface area contributed by atoms with Crippen LogP contribution in [0.2, 0.25) is 0 Å². The summed E-state index contributed by atoms with van der Waals surface area (Å²) in [6, 6.07) is 5.47. The van der Waals surface area contributed by atoms with Crippen LogP contribution in [0.1, 0.15) is 20.8 Å². The van der Waals surface area contributed by atoms with E-state index in [2.05, 4.69) is 15.9 Å². The second-order valence-corrected chi connectivity index (χ2v) is 6.08. The lowest BCUT2D eigenvalue weighted by Gasteiger charge is -2.12. The van der Waals surface area contributed by atoms with Gasteiger partial charge < -0.3 is 14.2 Å². The average Bonchev–Trinajstić information content (AvgIpc) is 2.91. The molecule has 0 aliphatic carbocycles. The maximum atomic E-state index is 12.0. The number of carbonyl (C=O) groups is 1. The third-order valence-electron chi connectivity index (χ3n) is 2.96. The largest absolute Gasteiger partial charge is 0.496 e. The molecule has 2 rings (SSSR count). The van der Waals surface area contributed by atoms with E-state index in [1.807, 2.05) is 18.4 Å². The SMILES string of the molecule is COc1cc(COC(=O)c2sccc2C)c(OC)cc1Br. The highest BCUT2D eigenvalue weighted by Gasteiger charge is 2.15. The van der Waals surface area contributed by atoms with Crippen LogP contribution < -0.4 is 9.47 Å². The molecule has 4 nitrogen and oxygen atoms in total. The van der Waals surface area contributed by atoms with Crippen LogP contribution in [0.5, 0.6) is 11.5 Å². The van der Waals surface area contributed by atoms with Gasteiger partial charge in [0.05, 0.1) is 18.7 Å². The summed E-state index contributed by atoms with van der Waals surface area (Å²) in [5.41, 5.74) is 1.67. The number of aryl methyl sites for hydroxylation is 1. The Morgan fingerprint density at radius 1 is 1.24 bits per heavy atom. The zero-order valence-corrected chi connectivity index (χ0v) is 14.3. The Bertz CT molecular complexity index is 651. The van der Waals surface area contributed by atoms with Gasteiger partial charge in [0.25, 0.3) is 0 Å². The van der Waals surface area contributed by atoms with Gasteiger partial charge in [-0.1, -0.05) is 0 Å². The Morgan fingerprint density at radius 3 is 2.52 bits per heavy atom. The van der Waals surface area contributed by atoms with Crippen molar-refractivity contribution in [2.24, 2.45) is 0 Å². The molecule has 0 radical (unpaired) electrons. The Labute approximate surface area is 135 Å². The van der Waals surface area contributed by atoms with E-state index in [9.17, 15) is 4.79 Å². The molecule has 6 heteroatoms. The van der Waals surface area contributed by atoms with Gasteiger partial charge in [-0.3, -0.25) is 0 Å². The smallest absolute Gasteiger partial charge is 0.348 e. The highest BCUT2D eigenvalue weighted by Crippen LogP contribution is 2.33. The Kier molecular flexibility index (Phi) is 5.25. The van der Waals surface area contributed by atoms with Gasteiger partial charge in [0, 0.05) is 5.56 Å². The van der Waals surface area contributed by atoms with Gasteiger partial charge in [0.1, 0.15) is 23.0 Å². The minimum absolute atomic E-state index is 0.128. The van der Waals surface area contributed by atoms with Gasteiger partial charge in [-0.15, -0.1) is 11.3 Å². The van der Waals surface area contributed by atoms with Crippen molar-refractivity contribution < 1.29 is 19.0 Å². The first-order chi connectivity index (χ1) is 10.1. The number of benzene rings is 1. The summed E-state index contributed by atoms with van der Waals surface area (Å²) >= 11 is 4.77. The number of thiophene rings is 1. The fourth-order valence-electron chi connectivity index (χ4n) is 1.83. The highest BCUT2D eigenvalue weighted by molar-refractivity contribution is 9.10. The third-order valence-corrected chi connectivity index (χ3v) is 4.58.